The maximum atomic E-state index is 2.43. The zero-order chi connectivity index (χ0) is 21.5. The first-order valence-corrected chi connectivity index (χ1v) is 11.0. The van der Waals surface area contributed by atoms with Crippen LogP contribution in [0, 0.1) is 27.7 Å². The van der Waals surface area contributed by atoms with E-state index in [0.717, 1.165) is 13.1 Å². The van der Waals surface area contributed by atoms with E-state index in [4.69, 9.17) is 0 Å². The van der Waals surface area contributed by atoms with Crippen LogP contribution in [0.1, 0.15) is 33.4 Å². The third-order valence-electron chi connectivity index (χ3n) is 6.36. The maximum Gasteiger partial charge on any atom is 0.245 e. The van der Waals surface area contributed by atoms with Crippen molar-refractivity contribution >= 4 is 28.5 Å². The van der Waals surface area contributed by atoms with Crippen LogP contribution in [0.5, 0.6) is 0 Å². The summed E-state index contributed by atoms with van der Waals surface area (Å²) >= 11 is 0. The van der Waals surface area contributed by atoms with Gasteiger partial charge in [-0.25, -0.2) is 9.48 Å². The van der Waals surface area contributed by atoms with Crippen molar-refractivity contribution in [2.24, 2.45) is 0 Å². The number of halogens is 1. The first kappa shape index (κ1) is 22.1. The molecule has 32 heavy (non-hydrogen) atoms. The summed E-state index contributed by atoms with van der Waals surface area (Å²) in [5, 5.41) is 2.63. The lowest BCUT2D eigenvalue weighted by atomic mass is 9.98. The smallest absolute Gasteiger partial charge is 0.245 e. The van der Waals surface area contributed by atoms with Crippen LogP contribution in [-0.2, 0) is 13.1 Å². The molecule has 0 aliphatic carbocycles. The van der Waals surface area contributed by atoms with E-state index in [1.807, 2.05) is 0 Å². The van der Waals surface area contributed by atoms with E-state index in [9.17, 15) is 0 Å². The highest BCUT2D eigenvalue weighted by molar-refractivity contribution is 6.06. The number of aryl methyl sites for hydroxylation is 4. The topological polar surface area (TPSA) is 6.25 Å². The van der Waals surface area contributed by atoms with Gasteiger partial charge in [-0.05, 0) is 67.5 Å². The molecule has 1 heterocycles. The third kappa shape index (κ3) is 4.03. The first-order valence-electron chi connectivity index (χ1n) is 11.0. The molecule has 0 N–H and O–H groups in total. The molecule has 0 fully saturated rings. The molecule has 4 aromatic rings. The lowest BCUT2D eigenvalue weighted by molar-refractivity contribution is -0.453. The molecule has 2 nitrogen and oxygen atoms in total. The lowest BCUT2D eigenvalue weighted by Crippen LogP contribution is -3.00. The van der Waals surface area contributed by atoms with Gasteiger partial charge in [0.15, 0.2) is 0 Å². The number of hydrogen-bond donors (Lipinski definition) is 0. The normalized spacial score (nSPS) is 12.5. The molecule has 0 radical (unpaired) electrons. The molecule has 0 saturated carbocycles. The van der Waals surface area contributed by atoms with E-state index in [1.54, 1.807) is 0 Å². The van der Waals surface area contributed by atoms with Gasteiger partial charge in [0.25, 0.3) is 0 Å². The fourth-order valence-electron chi connectivity index (χ4n) is 4.96. The quantitative estimate of drug-likeness (QED) is 0.435. The minimum absolute atomic E-state index is 0. The van der Waals surface area contributed by atoms with E-state index in [-0.39, 0.29) is 12.4 Å². The largest absolute Gasteiger partial charge is 1.00 e. The standard InChI is InChI=1S/C29H29N2.ClH/c1-20-8-5-9-24(16-20)17-30-19-31(18-26-22(3)14-21(2)15-23(26)4)28-13-7-11-25-10-6-12-27(30)29(25)28;/h5-16,19H,17-18H2,1-4H3;1H/q+1;/p-1. The molecule has 0 unspecified atom stereocenters. The summed E-state index contributed by atoms with van der Waals surface area (Å²) in [6, 6.07) is 26.7. The SMILES string of the molecule is Cc1cccc(C[N+]2=CN(Cc3c(C)cc(C)cc3C)c3cccc4cccc2c34)c1.[Cl-]. The second kappa shape index (κ2) is 8.80. The highest BCUT2D eigenvalue weighted by Crippen LogP contribution is 2.38. The second-order valence-electron chi connectivity index (χ2n) is 8.89. The molecule has 4 aromatic carbocycles. The lowest BCUT2D eigenvalue weighted by Gasteiger charge is -2.25. The zero-order valence-corrected chi connectivity index (χ0v) is 19.9. The van der Waals surface area contributed by atoms with Crippen LogP contribution in [0.4, 0.5) is 11.4 Å². The van der Waals surface area contributed by atoms with E-state index in [0.29, 0.717) is 0 Å². The molecule has 0 spiro atoms. The van der Waals surface area contributed by atoms with Crippen molar-refractivity contribution in [3.8, 4) is 0 Å². The summed E-state index contributed by atoms with van der Waals surface area (Å²) in [6.07, 6.45) is 2.30. The van der Waals surface area contributed by atoms with E-state index >= 15 is 0 Å². The Labute approximate surface area is 197 Å². The van der Waals surface area contributed by atoms with E-state index in [2.05, 4.69) is 116 Å². The Morgan fingerprint density at radius 3 is 2.16 bits per heavy atom. The fraction of sp³-hybridized carbons (Fsp3) is 0.207. The molecule has 162 valence electrons. The van der Waals surface area contributed by atoms with Gasteiger partial charge >= 0.3 is 0 Å². The number of rotatable bonds is 4. The number of benzene rings is 4. The van der Waals surface area contributed by atoms with Crippen LogP contribution < -0.4 is 17.3 Å². The van der Waals surface area contributed by atoms with Gasteiger partial charge in [-0.15, -0.1) is 0 Å². The van der Waals surface area contributed by atoms with Crippen molar-refractivity contribution in [3.05, 3.63) is 106 Å². The highest BCUT2D eigenvalue weighted by Gasteiger charge is 2.27. The summed E-state index contributed by atoms with van der Waals surface area (Å²) in [7, 11) is 0. The molecular formula is C29H29ClN2. The highest BCUT2D eigenvalue weighted by atomic mass is 35.5. The average molecular weight is 441 g/mol. The molecule has 0 amide bonds. The Bertz CT molecular complexity index is 1310. The van der Waals surface area contributed by atoms with E-state index < -0.39 is 0 Å². The molecular weight excluding hydrogens is 412 g/mol. The van der Waals surface area contributed by atoms with Crippen LogP contribution >= 0.6 is 0 Å². The molecule has 0 aromatic heterocycles. The Hall–Kier alpha value is -3.10. The number of anilines is 1. The van der Waals surface area contributed by atoms with Gasteiger partial charge in [0, 0.05) is 0 Å². The monoisotopic (exact) mass is 440 g/mol. The van der Waals surface area contributed by atoms with Crippen LogP contribution in [-0.4, -0.2) is 10.9 Å². The Balaban J connectivity index is 0.00000245. The number of nitrogens with zero attached hydrogens (tertiary/aromatic N) is 2. The van der Waals surface area contributed by atoms with Gasteiger partial charge in [0.1, 0.15) is 24.5 Å². The van der Waals surface area contributed by atoms with Gasteiger partial charge < -0.3 is 12.4 Å². The van der Waals surface area contributed by atoms with Crippen LogP contribution in [0.2, 0.25) is 0 Å². The Morgan fingerprint density at radius 2 is 1.44 bits per heavy atom. The molecule has 1 aliphatic rings. The predicted octanol–water partition coefficient (Wildman–Crippen LogP) is 3.97. The summed E-state index contributed by atoms with van der Waals surface area (Å²) < 4.78 is 2.41. The van der Waals surface area contributed by atoms with Gasteiger partial charge in [-0.1, -0.05) is 71.8 Å². The van der Waals surface area contributed by atoms with Gasteiger partial charge in [-0.2, -0.15) is 0 Å². The Morgan fingerprint density at radius 1 is 0.750 bits per heavy atom. The summed E-state index contributed by atoms with van der Waals surface area (Å²) in [6.45, 7) is 10.5. The molecule has 0 atom stereocenters. The summed E-state index contributed by atoms with van der Waals surface area (Å²) in [4.78, 5) is 2.43. The predicted molar refractivity (Wildman–Crippen MR) is 132 cm³/mol. The third-order valence-corrected chi connectivity index (χ3v) is 6.36. The molecule has 3 heteroatoms. The van der Waals surface area contributed by atoms with Crippen molar-refractivity contribution in [1.29, 1.82) is 0 Å². The molecule has 5 rings (SSSR count). The van der Waals surface area contributed by atoms with Crippen LogP contribution in [0.15, 0.2) is 72.8 Å². The zero-order valence-electron chi connectivity index (χ0n) is 19.2. The molecule has 1 aliphatic heterocycles. The second-order valence-corrected chi connectivity index (χ2v) is 8.89. The maximum absolute atomic E-state index is 2.43. The minimum Gasteiger partial charge on any atom is -1.00 e. The van der Waals surface area contributed by atoms with Crippen LogP contribution in [0.25, 0.3) is 10.8 Å². The van der Waals surface area contributed by atoms with E-state index in [1.165, 1.54) is 55.5 Å². The first-order chi connectivity index (χ1) is 15.0. The Kier molecular flexibility index (Phi) is 6.08. The van der Waals surface area contributed by atoms with Crippen molar-refractivity contribution in [2.45, 2.75) is 40.8 Å². The fourth-order valence-corrected chi connectivity index (χ4v) is 4.96. The van der Waals surface area contributed by atoms with Crippen LogP contribution in [0.3, 0.4) is 0 Å². The van der Waals surface area contributed by atoms with Gasteiger partial charge in [0.05, 0.1) is 5.39 Å². The summed E-state index contributed by atoms with van der Waals surface area (Å²) in [5.41, 5.74) is 10.7. The van der Waals surface area contributed by atoms with Crippen molar-refractivity contribution < 1.29 is 17.0 Å². The molecule has 0 saturated heterocycles. The number of hydrogen-bond acceptors (Lipinski definition) is 1. The van der Waals surface area contributed by atoms with Crippen molar-refractivity contribution in [2.75, 3.05) is 4.90 Å². The molecule has 0 bridgehead atoms. The average Bonchev–Trinajstić information content (AvgIpc) is 2.73. The van der Waals surface area contributed by atoms with Crippen molar-refractivity contribution in [1.82, 2.24) is 0 Å². The van der Waals surface area contributed by atoms with Gasteiger partial charge in [0.2, 0.25) is 6.34 Å². The minimum atomic E-state index is 0. The van der Waals surface area contributed by atoms with Gasteiger partial charge in [-0.3, -0.25) is 0 Å². The summed E-state index contributed by atoms with van der Waals surface area (Å²) in [5.74, 6) is 0. The van der Waals surface area contributed by atoms with Crippen molar-refractivity contribution in [3.63, 3.8) is 0 Å².